The van der Waals surface area contributed by atoms with Crippen molar-refractivity contribution in [1.82, 2.24) is 20.9 Å². The molecule has 0 aromatic heterocycles. The second kappa shape index (κ2) is 8.98. The second-order valence-electron chi connectivity index (χ2n) is 6.63. The molecule has 1 saturated carbocycles. The van der Waals surface area contributed by atoms with Crippen LogP contribution in [0.15, 0.2) is 0 Å². The molecule has 0 aromatic carbocycles. The zero-order chi connectivity index (χ0) is 15.8. The van der Waals surface area contributed by atoms with Crippen LogP contribution >= 0.6 is 0 Å². The topological polar surface area (TPSA) is 73.5 Å². The van der Waals surface area contributed by atoms with Gasteiger partial charge >= 0.3 is 6.03 Å². The van der Waals surface area contributed by atoms with Crippen LogP contribution in [-0.4, -0.2) is 55.6 Å². The third-order valence-corrected chi connectivity index (χ3v) is 4.61. The molecule has 0 unspecified atom stereocenters. The van der Waals surface area contributed by atoms with E-state index in [1.807, 2.05) is 0 Å². The first-order valence-corrected chi connectivity index (χ1v) is 8.64. The van der Waals surface area contributed by atoms with Gasteiger partial charge in [0.1, 0.15) is 0 Å². The summed E-state index contributed by atoms with van der Waals surface area (Å²) in [5.74, 6) is 0.846. The van der Waals surface area contributed by atoms with Crippen molar-refractivity contribution in [3.05, 3.63) is 0 Å². The van der Waals surface area contributed by atoms with Crippen molar-refractivity contribution in [3.8, 4) is 0 Å². The van der Waals surface area contributed by atoms with Crippen LogP contribution in [0.1, 0.15) is 45.4 Å². The van der Waals surface area contributed by atoms with Gasteiger partial charge in [0.2, 0.25) is 5.91 Å². The standard InChI is InChI=1S/C16H30N4O2/c1-13(21)17-8-4-9-18-16(22)19-15-7-10-20(12-15)11-14-5-2-3-6-14/h14-15H,2-12H2,1H3,(H,17,21)(H2,18,19,22)/t15-/m1/s1. The fourth-order valence-electron chi connectivity index (χ4n) is 3.47. The van der Waals surface area contributed by atoms with Crippen LogP contribution in [0.5, 0.6) is 0 Å². The number of carbonyl (C=O) groups excluding carboxylic acids is 2. The highest BCUT2D eigenvalue weighted by atomic mass is 16.2. The number of likely N-dealkylation sites (tertiary alicyclic amines) is 1. The lowest BCUT2D eigenvalue weighted by molar-refractivity contribution is -0.118. The minimum absolute atomic E-state index is 0.0299. The zero-order valence-electron chi connectivity index (χ0n) is 13.7. The number of hydrogen-bond acceptors (Lipinski definition) is 3. The number of nitrogens with one attached hydrogen (secondary N) is 3. The number of hydrogen-bond donors (Lipinski definition) is 3. The van der Waals surface area contributed by atoms with E-state index < -0.39 is 0 Å². The van der Waals surface area contributed by atoms with Gasteiger partial charge in [-0.2, -0.15) is 0 Å². The third-order valence-electron chi connectivity index (χ3n) is 4.61. The van der Waals surface area contributed by atoms with Crippen molar-refractivity contribution in [2.75, 3.05) is 32.7 Å². The molecule has 2 fully saturated rings. The number of rotatable bonds is 7. The highest BCUT2D eigenvalue weighted by Crippen LogP contribution is 2.26. The first-order valence-electron chi connectivity index (χ1n) is 8.64. The van der Waals surface area contributed by atoms with Gasteiger partial charge in [0.15, 0.2) is 0 Å². The van der Waals surface area contributed by atoms with Crippen molar-refractivity contribution in [3.63, 3.8) is 0 Å². The van der Waals surface area contributed by atoms with E-state index >= 15 is 0 Å². The molecular weight excluding hydrogens is 280 g/mol. The minimum Gasteiger partial charge on any atom is -0.356 e. The molecule has 1 aliphatic carbocycles. The van der Waals surface area contributed by atoms with Crippen LogP contribution in [0.3, 0.4) is 0 Å². The molecule has 22 heavy (non-hydrogen) atoms. The number of amides is 3. The molecule has 6 nitrogen and oxygen atoms in total. The van der Waals surface area contributed by atoms with Gasteiger partial charge < -0.3 is 20.9 Å². The Morgan fingerprint density at radius 3 is 2.55 bits per heavy atom. The van der Waals surface area contributed by atoms with Gasteiger partial charge in [0, 0.05) is 45.7 Å². The lowest BCUT2D eigenvalue weighted by atomic mass is 10.1. The van der Waals surface area contributed by atoms with Gasteiger partial charge in [-0.15, -0.1) is 0 Å². The highest BCUT2D eigenvalue weighted by Gasteiger charge is 2.26. The van der Waals surface area contributed by atoms with E-state index in [4.69, 9.17) is 0 Å². The molecule has 2 aliphatic rings. The SMILES string of the molecule is CC(=O)NCCCNC(=O)N[C@@H]1CCN(CC2CCCC2)C1. The molecule has 1 saturated heterocycles. The monoisotopic (exact) mass is 310 g/mol. The summed E-state index contributed by atoms with van der Waals surface area (Å²) in [5, 5.41) is 8.62. The van der Waals surface area contributed by atoms with E-state index in [1.165, 1.54) is 39.2 Å². The molecule has 1 heterocycles. The minimum atomic E-state index is -0.0875. The van der Waals surface area contributed by atoms with Gasteiger partial charge in [0.05, 0.1) is 0 Å². The molecule has 126 valence electrons. The Kier molecular flexibility index (Phi) is 6.96. The molecule has 6 heteroatoms. The lowest BCUT2D eigenvalue weighted by Crippen LogP contribution is -2.44. The average Bonchev–Trinajstić information content (AvgIpc) is 3.11. The van der Waals surface area contributed by atoms with Gasteiger partial charge in [-0.25, -0.2) is 4.79 Å². The van der Waals surface area contributed by atoms with Crippen LogP contribution in [0.2, 0.25) is 0 Å². The fourth-order valence-corrected chi connectivity index (χ4v) is 3.47. The lowest BCUT2D eigenvalue weighted by Gasteiger charge is -2.20. The van der Waals surface area contributed by atoms with Crippen molar-refractivity contribution >= 4 is 11.9 Å². The summed E-state index contributed by atoms with van der Waals surface area (Å²) < 4.78 is 0. The fraction of sp³-hybridized carbons (Fsp3) is 0.875. The van der Waals surface area contributed by atoms with E-state index in [0.717, 1.165) is 31.8 Å². The molecule has 2 rings (SSSR count). The summed E-state index contributed by atoms with van der Waals surface area (Å²) in [5.41, 5.74) is 0. The van der Waals surface area contributed by atoms with Gasteiger partial charge in [-0.1, -0.05) is 12.8 Å². The van der Waals surface area contributed by atoms with Crippen molar-refractivity contribution < 1.29 is 9.59 Å². The Balaban J connectivity index is 1.52. The molecule has 1 aliphatic heterocycles. The molecule has 3 amide bonds. The number of nitrogens with zero attached hydrogens (tertiary/aromatic N) is 1. The van der Waals surface area contributed by atoms with Crippen molar-refractivity contribution in [2.45, 2.75) is 51.5 Å². The molecule has 1 atom stereocenters. The summed E-state index contributed by atoms with van der Waals surface area (Å²) >= 11 is 0. The summed E-state index contributed by atoms with van der Waals surface area (Å²) in [4.78, 5) is 25.0. The number of carbonyl (C=O) groups is 2. The quantitative estimate of drug-likeness (QED) is 0.616. The summed E-state index contributed by atoms with van der Waals surface area (Å²) in [6.07, 6.45) is 7.34. The maximum atomic E-state index is 11.8. The number of urea groups is 1. The molecule has 3 N–H and O–H groups in total. The Morgan fingerprint density at radius 2 is 1.82 bits per heavy atom. The van der Waals surface area contributed by atoms with Crippen LogP contribution in [0, 0.1) is 5.92 Å². The highest BCUT2D eigenvalue weighted by molar-refractivity contribution is 5.74. The maximum absolute atomic E-state index is 11.8. The Hall–Kier alpha value is -1.30. The van der Waals surface area contributed by atoms with Crippen molar-refractivity contribution in [2.24, 2.45) is 5.92 Å². The van der Waals surface area contributed by atoms with Crippen molar-refractivity contribution in [1.29, 1.82) is 0 Å². The Morgan fingerprint density at radius 1 is 1.09 bits per heavy atom. The average molecular weight is 310 g/mol. The summed E-state index contributed by atoms with van der Waals surface area (Å²) in [7, 11) is 0. The third kappa shape index (κ3) is 6.22. The maximum Gasteiger partial charge on any atom is 0.315 e. The predicted octanol–water partition coefficient (Wildman–Crippen LogP) is 1.08. The van der Waals surface area contributed by atoms with Gasteiger partial charge in [-0.05, 0) is 31.6 Å². The summed E-state index contributed by atoms with van der Waals surface area (Å²) in [6, 6.07) is 0.187. The van der Waals surface area contributed by atoms with E-state index in [2.05, 4.69) is 20.9 Å². The zero-order valence-corrected chi connectivity index (χ0v) is 13.7. The van der Waals surface area contributed by atoms with Gasteiger partial charge in [0.25, 0.3) is 0 Å². The normalized spacial score (nSPS) is 22.7. The summed E-state index contributed by atoms with van der Waals surface area (Å²) in [6.45, 7) is 5.98. The van der Waals surface area contributed by atoms with Crippen LogP contribution in [0.25, 0.3) is 0 Å². The Bertz CT molecular complexity index is 369. The molecule has 0 bridgehead atoms. The second-order valence-corrected chi connectivity index (χ2v) is 6.63. The van der Waals surface area contributed by atoms with Gasteiger partial charge in [-0.3, -0.25) is 4.79 Å². The predicted molar refractivity (Wildman–Crippen MR) is 86.6 cm³/mol. The van der Waals surface area contributed by atoms with Crippen LogP contribution < -0.4 is 16.0 Å². The molecular formula is C16H30N4O2. The van der Waals surface area contributed by atoms with E-state index in [0.29, 0.717) is 13.1 Å². The van der Waals surface area contributed by atoms with Crippen LogP contribution in [-0.2, 0) is 4.79 Å². The molecule has 0 spiro atoms. The first-order chi connectivity index (χ1) is 10.6. The molecule has 0 aromatic rings. The first kappa shape index (κ1) is 17.1. The Labute approximate surface area is 133 Å². The largest absolute Gasteiger partial charge is 0.356 e. The van der Waals surface area contributed by atoms with E-state index in [9.17, 15) is 9.59 Å². The van der Waals surface area contributed by atoms with E-state index in [1.54, 1.807) is 0 Å². The van der Waals surface area contributed by atoms with Crippen LogP contribution in [0.4, 0.5) is 4.79 Å². The van der Waals surface area contributed by atoms with E-state index in [-0.39, 0.29) is 18.0 Å². The molecule has 0 radical (unpaired) electrons. The smallest absolute Gasteiger partial charge is 0.315 e.